The van der Waals surface area contributed by atoms with E-state index in [-0.39, 0.29) is 10.7 Å². The van der Waals surface area contributed by atoms with Crippen LogP contribution in [-0.2, 0) is 19.1 Å². The number of esters is 1. The highest BCUT2D eigenvalue weighted by Gasteiger charge is 2.36. The maximum absolute atomic E-state index is 12.9. The standard InChI is InChI=1S/C25H25N3O7S/c1-16(29)35-20-8-7-17(13-21(20)33-2)14-22-24(31)28(25(32)36-22)15-23(30)26-18-5-3-4-6-19(18)27-9-11-34-12-10-27/h3-8,13-14H,9-12,15H2,1-2H3,(H,26,30)/b22-14-. The number of imide groups is 1. The molecule has 0 aromatic heterocycles. The Morgan fingerprint density at radius 3 is 2.58 bits per heavy atom. The lowest BCUT2D eigenvalue weighted by Crippen LogP contribution is -2.38. The van der Waals surface area contributed by atoms with Crippen LogP contribution in [0.5, 0.6) is 11.5 Å². The summed E-state index contributed by atoms with van der Waals surface area (Å²) in [6.45, 7) is 3.48. The third kappa shape index (κ3) is 5.86. The fourth-order valence-corrected chi connectivity index (χ4v) is 4.63. The first-order valence-electron chi connectivity index (χ1n) is 11.2. The number of nitrogens with one attached hydrogen (secondary N) is 1. The molecule has 3 amide bonds. The molecule has 1 N–H and O–H groups in total. The minimum absolute atomic E-state index is 0.170. The van der Waals surface area contributed by atoms with Gasteiger partial charge in [0, 0.05) is 20.0 Å². The number of methoxy groups -OCH3 is 1. The molecule has 2 fully saturated rings. The number of anilines is 2. The quantitative estimate of drug-likeness (QED) is 0.340. The molecule has 4 rings (SSSR count). The van der Waals surface area contributed by atoms with Gasteiger partial charge in [-0.15, -0.1) is 0 Å². The first-order valence-corrected chi connectivity index (χ1v) is 12.0. The molecule has 2 saturated heterocycles. The second-order valence-electron chi connectivity index (χ2n) is 7.94. The first kappa shape index (κ1) is 25.3. The smallest absolute Gasteiger partial charge is 0.308 e. The SMILES string of the molecule is COc1cc(/C=C2\SC(=O)N(CC(=O)Nc3ccccc3N3CCOCC3)C2=O)ccc1OC(C)=O. The van der Waals surface area contributed by atoms with Crippen LogP contribution in [0.3, 0.4) is 0 Å². The Hall–Kier alpha value is -3.83. The minimum Gasteiger partial charge on any atom is -0.493 e. The monoisotopic (exact) mass is 511 g/mol. The van der Waals surface area contributed by atoms with Crippen LogP contribution in [0.15, 0.2) is 47.4 Å². The lowest BCUT2D eigenvalue weighted by atomic mass is 10.2. The van der Waals surface area contributed by atoms with Gasteiger partial charge >= 0.3 is 5.97 Å². The molecule has 36 heavy (non-hydrogen) atoms. The van der Waals surface area contributed by atoms with E-state index in [9.17, 15) is 19.2 Å². The Bertz CT molecular complexity index is 1220. The number of hydrogen-bond acceptors (Lipinski definition) is 9. The van der Waals surface area contributed by atoms with Crippen LogP contribution < -0.4 is 19.7 Å². The van der Waals surface area contributed by atoms with Crippen LogP contribution in [0.1, 0.15) is 12.5 Å². The van der Waals surface area contributed by atoms with Crippen LogP contribution in [-0.4, -0.2) is 67.9 Å². The molecule has 2 aliphatic rings. The van der Waals surface area contributed by atoms with Crippen LogP contribution in [0, 0.1) is 0 Å². The average Bonchev–Trinajstić information content (AvgIpc) is 3.12. The zero-order valence-corrected chi connectivity index (χ0v) is 20.6. The summed E-state index contributed by atoms with van der Waals surface area (Å²) in [5, 5.41) is 2.29. The highest BCUT2D eigenvalue weighted by Crippen LogP contribution is 2.35. The second-order valence-corrected chi connectivity index (χ2v) is 8.93. The summed E-state index contributed by atoms with van der Waals surface area (Å²) in [7, 11) is 1.43. The Labute approximate surface area is 212 Å². The molecule has 0 bridgehead atoms. The van der Waals surface area contributed by atoms with Gasteiger partial charge in [-0.25, -0.2) is 0 Å². The van der Waals surface area contributed by atoms with Crippen LogP contribution >= 0.6 is 11.8 Å². The molecule has 2 aromatic rings. The number of carbonyl (C=O) groups is 4. The van der Waals surface area contributed by atoms with Gasteiger partial charge in [-0.3, -0.25) is 24.1 Å². The molecular weight excluding hydrogens is 486 g/mol. The predicted octanol–water partition coefficient (Wildman–Crippen LogP) is 3.13. The van der Waals surface area contributed by atoms with Gasteiger partial charge in [-0.05, 0) is 47.7 Å². The molecule has 0 radical (unpaired) electrons. The number of thioether (sulfide) groups is 1. The molecule has 0 unspecified atom stereocenters. The molecule has 188 valence electrons. The van der Waals surface area contributed by atoms with Gasteiger partial charge in [0.25, 0.3) is 11.1 Å². The third-order valence-corrected chi connectivity index (χ3v) is 6.35. The van der Waals surface area contributed by atoms with Gasteiger partial charge < -0.3 is 24.4 Å². The van der Waals surface area contributed by atoms with E-state index in [1.165, 1.54) is 26.2 Å². The van der Waals surface area contributed by atoms with Crippen molar-refractivity contribution < 1.29 is 33.4 Å². The number of rotatable bonds is 7. The van der Waals surface area contributed by atoms with E-state index in [1.807, 2.05) is 18.2 Å². The summed E-state index contributed by atoms with van der Waals surface area (Å²) in [6, 6.07) is 12.1. The number of carbonyl (C=O) groups excluding carboxylic acids is 4. The molecule has 0 saturated carbocycles. The molecule has 11 heteroatoms. The number of nitrogens with zero attached hydrogens (tertiary/aromatic N) is 2. The fraction of sp³-hybridized carbons (Fsp3) is 0.280. The minimum atomic E-state index is -0.565. The highest BCUT2D eigenvalue weighted by atomic mass is 32.2. The summed E-state index contributed by atoms with van der Waals surface area (Å²) >= 11 is 0.749. The fourth-order valence-electron chi connectivity index (χ4n) is 3.79. The maximum Gasteiger partial charge on any atom is 0.308 e. The van der Waals surface area contributed by atoms with Crippen LogP contribution in [0.4, 0.5) is 16.2 Å². The summed E-state index contributed by atoms with van der Waals surface area (Å²) in [5.41, 5.74) is 2.03. The van der Waals surface area contributed by atoms with E-state index in [4.69, 9.17) is 14.2 Å². The molecule has 10 nitrogen and oxygen atoms in total. The Kier molecular flexibility index (Phi) is 7.91. The largest absolute Gasteiger partial charge is 0.493 e. The Morgan fingerprint density at radius 1 is 1.11 bits per heavy atom. The van der Waals surface area contributed by atoms with Crippen molar-refractivity contribution in [2.24, 2.45) is 0 Å². The van der Waals surface area contributed by atoms with E-state index >= 15 is 0 Å². The zero-order valence-electron chi connectivity index (χ0n) is 19.8. The average molecular weight is 512 g/mol. The van der Waals surface area contributed by atoms with Crippen molar-refractivity contribution >= 4 is 52.2 Å². The predicted molar refractivity (Wildman–Crippen MR) is 135 cm³/mol. The normalized spacial score (nSPS) is 16.9. The number of morpholine rings is 1. The summed E-state index contributed by atoms with van der Waals surface area (Å²) in [4.78, 5) is 52.6. The van der Waals surface area contributed by atoms with Crippen molar-refractivity contribution in [3.8, 4) is 11.5 Å². The molecular formula is C25H25N3O7S. The molecule has 0 atom stereocenters. The van der Waals surface area contributed by atoms with E-state index in [1.54, 1.807) is 18.2 Å². The first-order chi connectivity index (χ1) is 17.4. The van der Waals surface area contributed by atoms with Crippen LogP contribution in [0.2, 0.25) is 0 Å². The molecule has 0 spiro atoms. The van der Waals surface area contributed by atoms with Gasteiger partial charge in [0.2, 0.25) is 5.91 Å². The molecule has 2 aliphatic heterocycles. The van der Waals surface area contributed by atoms with Crippen LogP contribution in [0.25, 0.3) is 6.08 Å². The number of benzene rings is 2. The van der Waals surface area contributed by atoms with E-state index < -0.39 is 29.6 Å². The highest BCUT2D eigenvalue weighted by molar-refractivity contribution is 8.18. The van der Waals surface area contributed by atoms with Crippen molar-refractivity contribution in [1.29, 1.82) is 0 Å². The summed E-state index contributed by atoms with van der Waals surface area (Å²) in [5.74, 6) is -0.995. The summed E-state index contributed by atoms with van der Waals surface area (Å²) < 4.78 is 15.7. The third-order valence-electron chi connectivity index (χ3n) is 5.44. The number of para-hydroxylation sites is 2. The van der Waals surface area contributed by atoms with Gasteiger partial charge in [-0.2, -0.15) is 0 Å². The van der Waals surface area contributed by atoms with Gasteiger partial charge in [0.1, 0.15) is 6.54 Å². The topological polar surface area (TPSA) is 114 Å². The van der Waals surface area contributed by atoms with E-state index in [0.717, 1.165) is 22.3 Å². The molecule has 2 heterocycles. The number of ether oxygens (including phenoxy) is 3. The van der Waals surface area contributed by atoms with Gasteiger partial charge in [0.05, 0.1) is 36.6 Å². The second kappa shape index (κ2) is 11.3. The Balaban J connectivity index is 1.45. The summed E-state index contributed by atoms with van der Waals surface area (Å²) in [6.07, 6.45) is 1.52. The lowest BCUT2D eigenvalue weighted by molar-refractivity contribution is -0.132. The van der Waals surface area contributed by atoms with Crippen molar-refractivity contribution in [3.63, 3.8) is 0 Å². The van der Waals surface area contributed by atoms with Crippen molar-refractivity contribution in [2.45, 2.75) is 6.92 Å². The van der Waals surface area contributed by atoms with E-state index in [2.05, 4.69) is 10.2 Å². The van der Waals surface area contributed by atoms with Gasteiger partial charge in [-0.1, -0.05) is 18.2 Å². The van der Waals surface area contributed by atoms with Crippen molar-refractivity contribution in [1.82, 2.24) is 4.90 Å². The van der Waals surface area contributed by atoms with Crippen molar-refractivity contribution in [3.05, 3.63) is 52.9 Å². The van der Waals surface area contributed by atoms with Crippen molar-refractivity contribution in [2.75, 3.05) is 50.2 Å². The maximum atomic E-state index is 12.9. The number of hydrogen-bond donors (Lipinski definition) is 1. The number of amides is 3. The molecule has 0 aliphatic carbocycles. The van der Waals surface area contributed by atoms with Gasteiger partial charge in [0.15, 0.2) is 11.5 Å². The lowest BCUT2D eigenvalue weighted by Gasteiger charge is -2.30. The zero-order chi connectivity index (χ0) is 25.7. The Morgan fingerprint density at radius 2 is 1.86 bits per heavy atom. The molecule has 2 aromatic carbocycles. The van der Waals surface area contributed by atoms with E-state index in [0.29, 0.717) is 43.3 Å².